The van der Waals surface area contributed by atoms with Crippen LogP contribution in [0.5, 0.6) is 0 Å². The van der Waals surface area contributed by atoms with Gasteiger partial charge in [0.15, 0.2) is 5.79 Å². The van der Waals surface area contributed by atoms with E-state index in [0.717, 1.165) is 49.7 Å². The summed E-state index contributed by atoms with van der Waals surface area (Å²) in [4.78, 5) is 27.1. The van der Waals surface area contributed by atoms with Crippen LogP contribution >= 0.6 is 0 Å². The maximum Gasteiger partial charge on any atom is 0.252 e. The summed E-state index contributed by atoms with van der Waals surface area (Å²) in [6.07, 6.45) is 5.70. The summed E-state index contributed by atoms with van der Waals surface area (Å²) >= 11 is 0. The highest BCUT2D eigenvalue weighted by molar-refractivity contribution is 5.85. The van der Waals surface area contributed by atoms with Gasteiger partial charge in [0.2, 0.25) is 0 Å². The first-order valence-corrected chi connectivity index (χ1v) is 23.1. The molecule has 10 aliphatic rings. The van der Waals surface area contributed by atoms with Crippen LogP contribution in [-0.2, 0) is 47.5 Å². The Kier molecular flexibility index (Phi) is 12.8. The molecule has 0 aromatic rings. The fourth-order valence-corrected chi connectivity index (χ4v) is 12.3. The molecule has 1 amide bonds. The smallest absolute Gasteiger partial charge is 0.252 e. The molecule has 2 saturated carbocycles. The zero-order valence-corrected chi connectivity index (χ0v) is 35.6. The standard InChI is InChI=1S/C46H69NO13/c1-24-6-7-27-8-10-35-25(2)16-29(56-35)12-15-46(52)22-34(49)31-20-33-40(31)59-36-11-9-28(57-43(36)42(33)60-46)17-26(48)18-32-38(21-37(24)55-27)58-39(41(32)54-4)19-30(53-3)23-47-44(50)45(51)13-5-14-45/h27-43,49,51-52H,1-2,5-23H2,3-4H3,(H,47,50)/t27-,28-,29+,30+,31+,32+,33-,34-,35+,36+,37-,38+,39-,40?,41-,42-,43+,46+/m1/s1. The van der Waals surface area contributed by atoms with E-state index in [2.05, 4.69) is 18.5 Å². The number of carbonyl (C=O) groups excluding carboxylic acids is 2. The van der Waals surface area contributed by atoms with Crippen molar-refractivity contribution in [2.24, 2.45) is 17.8 Å². The van der Waals surface area contributed by atoms with Crippen molar-refractivity contribution < 1.29 is 62.8 Å². The molecule has 0 spiro atoms. The molecule has 0 radical (unpaired) electrons. The number of fused-ring (bicyclic) bond motifs is 7. The van der Waals surface area contributed by atoms with E-state index >= 15 is 0 Å². The minimum Gasteiger partial charge on any atom is -0.393 e. The lowest BCUT2D eigenvalue weighted by molar-refractivity contribution is -0.369. The SMILES string of the molecule is C=C1C[C@@H]2CC[C@@]3(O)C[C@@H](O)[C@@H]4C[C@@H]5C4O[C@H]4CC[C@H](CC(=O)C[C@@H]6[C@@H](OC)[C@@H](C[C@@H](CNC(=O)C7(O)CCC7)OC)O[C@H]6C[C@H]6O[C@H](CCC6=C)CC[C@@H]1O2)O[C@@H]4[C@@H]5O3. The molecule has 14 heteroatoms. The average Bonchev–Trinajstić information content (AvgIpc) is 3.72. The van der Waals surface area contributed by atoms with Crippen LogP contribution < -0.4 is 5.32 Å². The van der Waals surface area contributed by atoms with Gasteiger partial charge in [-0.15, -0.1) is 0 Å². The van der Waals surface area contributed by atoms with E-state index in [-0.39, 0.29) is 104 Å². The van der Waals surface area contributed by atoms with Crippen molar-refractivity contribution >= 4 is 11.7 Å². The molecule has 336 valence electrons. The molecule has 2 aliphatic carbocycles. The Hall–Kier alpha value is -1.82. The Morgan fingerprint density at radius 2 is 1.58 bits per heavy atom. The lowest BCUT2D eigenvalue weighted by Gasteiger charge is -2.61. The molecule has 10 rings (SSSR count). The van der Waals surface area contributed by atoms with Crippen LogP contribution in [0.3, 0.4) is 0 Å². The van der Waals surface area contributed by atoms with Gasteiger partial charge in [-0.3, -0.25) is 9.59 Å². The van der Waals surface area contributed by atoms with Gasteiger partial charge in [0.25, 0.3) is 5.91 Å². The van der Waals surface area contributed by atoms with Gasteiger partial charge in [-0.25, -0.2) is 0 Å². The van der Waals surface area contributed by atoms with Crippen LogP contribution in [0.2, 0.25) is 0 Å². The van der Waals surface area contributed by atoms with Crippen LogP contribution in [0, 0.1) is 17.8 Å². The second-order valence-corrected chi connectivity index (χ2v) is 19.9. The molecule has 8 heterocycles. The number of Topliss-reactive ketones (excluding diaryl/α,β-unsaturated/α-hetero) is 1. The van der Waals surface area contributed by atoms with Gasteiger partial charge in [0.1, 0.15) is 17.5 Å². The van der Waals surface area contributed by atoms with Crippen molar-refractivity contribution in [3.8, 4) is 0 Å². The van der Waals surface area contributed by atoms with Gasteiger partial charge in [-0.2, -0.15) is 0 Å². The minimum atomic E-state index is -1.55. The number of amides is 1. The number of ketones is 1. The number of aliphatic hydroxyl groups is 3. The fraction of sp³-hybridized carbons (Fsp3) is 0.870. The number of rotatable bonds is 7. The summed E-state index contributed by atoms with van der Waals surface area (Å²) in [5, 5.41) is 36.9. The van der Waals surface area contributed by atoms with E-state index < -0.39 is 48.0 Å². The predicted octanol–water partition coefficient (Wildman–Crippen LogP) is 3.74. The Morgan fingerprint density at radius 3 is 2.35 bits per heavy atom. The zero-order chi connectivity index (χ0) is 41.9. The Morgan fingerprint density at radius 1 is 0.800 bits per heavy atom. The molecule has 4 N–H and O–H groups in total. The number of nitrogens with one attached hydrogen (secondary N) is 1. The first kappa shape index (κ1) is 43.4. The average molecular weight is 844 g/mol. The van der Waals surface area contributed by atoms with E-state index in [0.29, 0.717) is 57.8 Å². The van der Waals surface area contributed by atoms with Crippen LogP contribution in [0.25, 0.3) is 0 Å². The molecule has 60 heavy (non-hydrogen) atoms. The highest BCUT2D eigenvalue weighted by Crippen LogP contribution is 2.54. The van der Waals surface area contributed by atoms with E-state index in [1.807, 2.05) is 0 Å². The van der Waals surface area contributed by atoms with E-state index in [4.69, 9.17) is 37.9 Å². The Labute approximate surface area is 354 Å². The number of methoxy groups -OCH3 is 2. The van der Waals surface area contributed by atoms with Gasteiger partial charge in [-0.1, -0.05) is 13.2 Å². The molecule has 0 aromatic heterocycles. The highest BCUT2D eigenvalue weighted by Gasteiger charge is 2.62. The summed E-state index contributed by atoms with van der Waals surface area (Å²) in [5.41, 5.74) is 0.756. The maximum absolute atomic E-state index is 14.3. The van der Waals surface area contributed by atoms with E-state index in [1.165, 1.54) is 0 Å². The van der Waals surface area contributed by atoms with Gasteiger partial charge < -0.3 is 58.5 Å². The summed E-state index contributed by atoms with van der Waals surface area (Å²) in [6, 6.07) is 0. The second kappa shape index (κ2) is 17.6. The summed E-state index contributed by atoms with van der Waals surface area (Å²) in [6.45, 7) is 9.01. The molecule has 14 nitrogen and oxygen atoms in total. The van der Waals surface area contributed by atoms with Crippen molar-refractivity contribution in [3.63, 3.8) is 0 Å². The number of carbonyl (C=O) groups is 2. The Bertz CT molecular complexity index is 1600. The van der Waals surface area contributed by atoms with E-state index in [9.17, 15) is 24.9 Å². The van der Waals surface area contributed by atoms with E-state index in [1.54, 1.807) is 14.2 Å². The van der Waals surface area contributed by atoms with Crippen molar-refractivity contribution in [1.29, 1.82) is 0 Å². The second-order valence-electron chi connectivity index (χ2n) is 19.9. The highest BCUT2D eigenvalue weighted by atomic mass is 16.7. The van der Waals surface area contributed by atoms with Crippen LogP contribution in [-0.4, -0.2) is 145 Å². The third kappa shape index (κ3) is 8.71. The topological polar surface area (TPSA) is 181 Å². The van der Waals surface area contributed by atoms with Crippen molar-refractivity contribution in [3.05, 3.63) is 24.3 Å². The van der Waals surface area contributed by atoms with Crippen LogP contribution in [0.15, 0.2) is 24.3 Å². The molecule has 1 unspecified atom stereocenters. The molecule has 18 atom stereocenters. The van der Waals surface area contributed by atoms with Gasteiger partial charge in [0.05, 0.1) is 79.4 Å². The molecular weight excluding hydrogens is 774 g/mol. The van der Waals surface area contributed by atoms with Crippen molar-refractivity contribution in [1.82, 2.24) is 5.32 Å². The van der Waals surface area contributed by atoms with Gasteiger partial charge in [0, 0.05) is 77.0 Å². The molecular formula is C46H69NO13. The summed E-state index contributed by atoms with van der Waals surface area (Å²) < 4.78 is 52.4. The van der Waals surface area contributed by atoms with Crippen LogP contribution in [0.1, 0.15) is 116 Å². The van der Waals surface area contributed by atoms with Crippen molar-refractivity contribution in [2.45, 2.75) is 212 Å². The zero-order valence-electron chi connectivity index (χ0n) is 35.6. The fourth-order valence-electron chi connectivity index (χ4n) is 12.3. The molecule has 0 aromatic carbocycles. The lowest BCUT2D eigenvalue weighted by Crippen LogP contribution is -2.70. The largest absolute Gasteiger partial charge is 0.393 e. The quantitative estimate of drug-likeness (QED) is 0.273. The first-order valence-electron chi connectivity index (χ1n) is 23.1. The van der Waals surface area contributed by atoms with Gasteiger partial charge in [-0.05, 0) is 88.2 Å². The molecule has 8 aliphatic heterocycles. The summed E-state index contributed by atoms with van der Waals surface area (Å²) in [5.74, 6) is -2.23. The molecule has 11 bridgehead atoms. The molecule has 8 saturated heterocycles. The number of hydrogen-bond acceptors (Lipinski definition) is 13. The summed E-state index contributed by atoms with van der Waals surface area (Å²) in [7, 11) is 3.25. The third-order valence-electron chi connectivity index (χ3n) is 16.0. The number of aliphatic hydroxyl groups excluding tert-OH is 1. The predicted molar refractivity (Wildman–Crippen MR) is 216 cm³/mol. The maximum atomic E-state index is 14.3. The Balaban J connectivity index is 0.951. The third-order valence-corrected chi connectivity index (χ3v) is 16.0. The minimum absolute atomic E-state index is 0.00300. The lowest BCUT2D eigenvalue weighted by atomic mass is 9.61. The van der Waals surface area contributed by atoms with Gasteiger partial charge >= 0.3 is 0 Å². The number of hydrogen-bond donors (Lipinski definition) is 4. The number of ether oxygens (including phenoxy) is 8. The first-order chi connectivity index (χ1) is 28.8. The molecule has 10 fully saturated rings. The van der Waals surface area contributed by atoms with Crippen LogP contribution in [0.4, 0.5) is 0 Å². The normalized spacial score (nSPS) is 47.1. The van der Waals surface area contributed by atoms with Crippen molar-refractivity contribution in [2.75, 3.05) is 20.8 Å². The monoisotopic (exact) mass is 843 g/mol.